The Kier molecular flexibility index (Phi) is 4.36. The Morgan fingerprint density at radius 3 is 2.80 bits per heavy atom. The number of benzene rings is 1. The predicted molar refractivity (Wildman–Crippen MR) is 81.6 cm³/mol. The highest BCUT2D eigenvalue weighted by atomic mass is 16.5. The zero-order valence-corrected chi connectivity index (χ0v) is 12.3. The molecule has 1 fully saturated rings. The number of methoxy groups -OCH3 is 1. The van der Waals surface area contributed by atoms with E-state index in [1.54, 1.807) is 7.11 Å². The molecule has 0 unspecified atom stereocenters. The normalized spacial score (nSPS) is 16.9. The molecule has 0 atom stereocenters. The summed E-state index contributed by atoms with van der Waals surface area (Å²) in [7, 11) is 1.74. The lowest BCUT2D eigenvalue weighted by molar-refractivity contribution is 0.174. The van der Waals surface area contributed by atoms with Gasteiger partial charge in [-0.05, 0) is 24.5 Å². The molecule has 3 heteroatoms. The van der Waals surface area contributed by atoms with Gasteiger partial charge in [-0.25, -0.2) is 4.98 Å². The van der Waals surface area contributed by atoms with Gasteiger partial charge in [0.05, 0.1) is 11.0 Å². The van der Waals surface area contributed by atoms with Crippen molar-refractivity contribution in [2.24, 2.45) is 5.92 Å². The fourth-order valence-corrected chi connectivity index (χ4v) is 3.40. The molecule has 3 nitrogen and oxygen atoms in total. The first-order valence-electron chi connectivity index (χ1n) is 7.81. The summed E-state index contributed by atoms with van der Waals surface area (Å²) in [6, 6.07) is 8.41. The average Bonchev–Trinajstić information content (AvgIpc) is 2.84. The number of hydrogen-bond donors (Lipinski definition) is 0. The smallest absolute Gasteiger partial charge is 0.135 e. The van der Waals surface area contributed by atoms with Crippen LogP contribution in [0.5, 0.6) is 0 Å². The highest BCUT2D eigenvalue weighted by Gasteiger charge is 2.15. The number of ether oxygens (including phenoxy) is 1. The molecule has 0 N–H and O–H groups in total. The molecule has 1 aliphatic carbocycles. The number of aromatic nitrogens is 2. The van der Waals surface area contributed by atoms with E-state index in [1.807, 2.05) is 0 Å². The van der Waals surface area contributed by atoms with Gasteiger partial charge in [0.2, 0.25) is 0 Å². The van der Waals surface area contributed by atoms with Gasteiger partial charge in [0, 0.05) is 13.7 Å². The summed E-state index contributed by atoms with van der Waals surface area (Å²) >= 11 is 0. The zero-order chi connectivity index (χ0) is 13.8. The Morgan fingerprint density at radius 2 is 2.00 bits per heavy atom. The van der Waals surface area contributed by atoms with Crippen molar-refractivity contribution in [2.75, 3.05) is 7.11 Å². The van der Waals surface area contributed by atoms with Gasteiger partial charge in [0.15, 0.2) is 0 Å². The monoisotopic (exact) mass is 272 g/mol. The van der Waals surface area contributed by atoms with Crippen LogP contribution in [0, 0.1) is 5.92 Å². The van der Waals surface area contributed by atoms with Gasteiger partial charge >= 0.3 is 0 Å². The van der Waals surface area contributed by atoms with E-state index >= 15 is 0 Å². The van der Waals surface area contributed by atoms with Gasteiger partial charge in [0.25, 0.3) is 0 Å². The molecule has 0 aliphatic heterocycles. The van der Waals surface area contributed by atoms with Crippen LogP contribution in [0.15, 0.2) is 24.3 Å². The number of rotatable bonds is 5. The minimum Gasteiger partial charge on any atom is -0.377 e. The molecule has 2 aromatic rings. The second-order valence-corrected chi connectivity index (χ2v) is 5.89. The standard InChI is InChI=1S/C17H24N2O/c1-20-13-17-18-15-9-5-6-10-16(15)19(17)12-11-14-7-3-2-4-8-14/h5-6,9-10,14H,2-4,7-8,11-13H2,1H3. The molecule has 1 aliphatic rings. The molecule has 1 aromatic heterocycles. The van der Waals surface area contributed by atoms with Crippen molar-refractivity contribution in [2.45, 2.75) is 51.7 Å². The highest BCUT2D eigenvalue weighted by Crippen LogP contribution is 2.27. The van der Waals surface area contributed by atoms with E-state index in [9.17, 15) is 0 Å². The van der Waals surface area contributed by atoms with Crippen LogP contribution in [0.4, 0.5) is 0 Å². The molecular formula is C17H24N2O. The zero-order valence-electron chi connectivity index (χ0n) is 12.3. The quantitative estimate of drug-likeness (QED) is 0.817. The van der Waals surface area contributed by atoms with Crippen molar-refractivity contribution < 1.29 is 4.74 Å². The summed E-state index contributed by atoms with van der Waals surface area (Å²) < 4.78 is 7.66. The number of fused-ring (bicyclic) bond motifs is 1. The van der Waals surface area contributed by atoms with Gasteiger partial charge in [-0.2, -0.15) is 0 Å². The maximum Gasteiger partial charge on any atom is 0.135 e. The van der Waals surface area contributed by atoms with Gasteiger partial charge in [-0.1, -0.05) is 44.2 Å². The van der Waals surface area contributed by atoms with Crippen LogP contribution in [0.2, 0.25) is 0 Å². The molecule has 1 saturated carbocycles. The first-order valence-corrected chi connectivity index (χ1v) is 7.81. The Morgan fingerprint density at radius 1 is 1.20 bits per heavy atom. The molecule has 0 saturated heterocycles. The number of hydrogen-bond acceptors (Lipinski definition) is 2. The summed E-state index contributed by atoms with van der Waals surface area (Å²) in [6.45, 7) is 1.67. The Hall–Kier alpha value is -1.35. The number of imidazole rings is 1. The van der Waals surface area contributed by atoms with E-state index in [-0.39, 0.29) is 0 Å². The minimum atomic E-state index is 0.597. The fraction of sp³-hybridized carbons (Fsp3) is 0.588. The Balaban J connectivity index is 1.79. The lowest BCUT2D eigenvalue weighted by atomic mass is 9.87. The van der Waals surface area contributed by atoms with Crippen molar-refractivity contribution in [3.63, 3.8) is 0 Å². The van der Waals surface area contributed by atoms with E-state index in [0.717, 1.165) is 23.8 Å². The summed E-state index contributed by atoms with van der Waals surface area (Å²) in [6.07, 6.45) is 8.36. The molecule has 0 amide bonds. The molecule has 1 aromatic carbocycles. The van der Waals surface area contributed by atoms with Crippen LogP contribution < -0.4 is 0 Å². The SMILES string of the molecule is COCc1nc2ccccc2n1CCC1CCCCC1. The second-order valence-electron chi connectivity index (χ2n) is 5.89. The topological polar surface area (TPSA) is 27.1 Å². The molecule has 0 radical (unpaired) electrons. The van der Waals surface area contributed by atoms with Gasteiger partial charge in [-0.3, -0.25) is 0 Å². The van der Waals surface area contributed by atoms with E-state index in [1.165, 1.54) is 44.0 Å². The predicted octanol–water partition coefficient (Wildman–Crippen LogP) is 4.15. The van der Waals surface area contributed by atoms with Crippen LogP contribution in [0.3, 0.4) is 0 Å². The van der Waals surface area contributed by atoms with Crippen LogP contribution in [-0.2, 0) is 17.9 Å². The Bertz CT molecular complexity index is 555. The van der Waals surface area contributed by atoms with E-state index in [4.69, 9.17) is 9.72 Å². The van der Waals surface area contributed by atoms with Crippen molar-refractivity contribution >= 4 is 11.0 Å². The average molecular weight is 272 g/mol. The summed E-state index contributed by atoms with van der Waals surface area (Å²) in [5.41, 5.74) is 2.33. The third-order valence-electron chi connectivity index (χ3n) is 4.49. The maximum absolute atomic E-state index is 5.31. The molecule has 0 spiro atoms. The van der Waals surface area contributed by atoms with Crippen molar-refractivity contribution in [1.82, 2.24) is 9.55 Å². The minimum absolute atomic E-state index is 0.597. The van der Waals surface area contributed by atoms with Gasteiger partial charge in [-0.15, -0.1) is 0 Å². The van der Waals surface area contributed by atoms with Crippen LogP contribution >= 0.6 is 0 Å². The van der Waals surface area contributed by atoms with Crippen LogP contribution in [0.1, 0.15) is 44.3 Å². The van der Waals surface area contributed by atoms with Gasteiger partial charge in [0.1, 0.15) is 12.4 Å². The molecular weight excluding hydrogens is 248 g/mol. The third kappa shape index (κ3) is 2.88. The van der Waals surface area contributed by atoms with Crippen molar-refractivity contribution in [3.8, 4) is 0 Å². The molecule has 0 bridgehead atoms. The number of aryl methyl sites for hydroxylation is 1. The lowest BCUT2D eigenvalue weighted by Gasteiger charge is -2.22. The first-order chi connectivity index (χ1) is 9.88. The maximum atomic E-state index is 5.31. The number of para-hydroxylation sites is 2. The van der Waals surface area contributed by atoms with E-state index in [0.29, 0.717) is 6.61 Å². The molecule has 3 rings (SSSR count). The summed E-state index contributed by atoms with van der Waals surface area (Å²) in [5.74, 6) is 1.96. The molecule has 20 heavy (non-hydrogen) atoms. The second kappa shape index (κ2) is 6.40. The molecule has 108 valence electrons. The van der Waals surface area contributed by atoms with Crippen molar-refractivity contribution in [1.29, 1.82) is 0 Å². The Labute approximate surface area is 121 Å². The summed E-state index contributed by atoms with van der Waals surface area (Å²) in [4.78, 5) is 4.70. The van der Waals surface area contributed by atoms with E-state index < -0.39 is 0 Å². The highest BCUT2D eigenvalue weighted by molar-refractivity contribution is 5.75. The lowest BCUT2D eigenvalue weighted by Crippen LogP contribution is -2.12. The fourth-order valence-electron chi connectivity index (χ4n) is 3.40. The molecule has 1 heterocycles. The summed E-state index contributed by atoms with van der Waals surface area (Å²) in [5, 5.41) is 0. The van der Waals surface area contributed by atoms with Crippen LogP contribution in [0.25, 0.3) is 11.0 Å². The third-order valence-corrected chi connectivity index (χ3v) is 4.49. The number of nitrogens with zero attached hydrogens (tertiary/aromatic N) is 2. The van der Waals surface area contributed by atoms with Crippen LogP contribution in [-0.4, -0.2) is 16.7 Å². The van der Waals surface area contributed by atoms with Gasteiger partial charge < -0.3 is 9.30 Å². The largest absolute Gasteiger partial charge is 0.377 e. The van der Waals surface area contributed by atoms with E-state index in [2.05, 4.69) is 28.8 Å². The van der Waals surface area contributed by atoms with Crippen molar-refractivity contribution in [3.05, 3.63) is 30.1 Å². The first kappa shape index (κ1) is 13.6.